The molecule has 0 unspecified atom stereocenters. The predicted molar refractivity (Wildman–Crippen MR) is 97.7 cm³/mol. The summed E-state index contributed by atoms with van der Waals surface area (Å²) >= 11 is 11.9. The molecule has 0 bridgehead atoms. The molecule has 0 heterocycles. The van der Waals surface area contributed by atoms with Gasteiger partial charge in [0.05, 0.1) is 6.42 Å². The molecular weight excluding hydrogens is 343 g/mol. The van der Waals surface area contributed by atoms with Crippen molar-refractivity contribution in [2.24, 2.45) is 0 Å². The highest BCUT2D eigenvalue weighted by Crippen LogP contribution is 2.24. The molecule has 0 aromatic heterocycles. The lowest BCUT2D eigenvalue weighted by Crippen LogP contribution is -2.11. The summed E-state index contributed by atoms with van der Waals surface area (Å²) < 4.78 is 5.36. The van der Waals surface area contributed by atoms with E-state index in [1.807, 2.05) is 42.5 Å². The zero-order valence-electron chi connectivity index (χ0n) is 12.7. The van der Waals surface area contributed by atoms with Crippen LogP contribution in [-0.4, -0.2) is 5.97 Å². The van der Waals surface area contributed by atoms with Crippen LogP contribution in [0, 0.1) is 0 Å². The third-order valence-corrected chi connectivity index (χ3v) is 4.13. The van der Waals surface area contributed by atoms with E-state index < -0.39 is 0 Å². The minimum Gasteiger partial charge on any atom is -0.426 e. The molecule has 4 heteroatoms. The van der Waals surface area contributed by atoms with Crippen LogP contribution >= 0.6 is 23.2 Å². The second-order valence-corrected chi connectivity index (χ2v) is 6.12. The van der Waals surface area contributed by atoms with Gasteiger partial charge in [-0.2, -0.15) is 0 Å². The van der Waals surface area contributed by atoms with Gasteiger partial charge in [-0.25, -0.2) is 0 Å². The summed E-state index contributed by atoms with van der Waals surface area (Å²) in [5.74, 6) is 0.136. The smallest absolute Gasteiger partial charge is 0.315 e. The lowest BCUT2D eigenvalue weighted by Gasteiger charge is -2.07. The summed E-state index contributed by atoms with van der Waals surface area (Å²) in [4.78, 5) is 12.1. The highest BCUT2D eigenvalue weighted by molar-refractivity contribution is 6.35. The third kappa shape index (κ3) is 4.16. The molecule has 3 rings (SSSR count). The van der Waals surface area contributed by atoms with Gasteiger partial charge in [0.2, 0.25) is 0 Å². The fraction of sp³-hybridized carbons (Fsp3) is 0.0500. The normalized spacial score (nSPS) is 10.4. The van der Waals surface area contributed by atoms with Gasteiger partial charge >= 0.3 is 5.97 Å². The molecule has 0 saturated heterocycles. The maximum absolute atomic E-state index is 12.1. The minimum absolute atomic E-state index is 0.0937. The molecule has 0 radical (unpaired) electrons. The second kappa shape index (κ2) is 7.52. The second-order valence-electron chi connectivity index (χ2n) is 5.28. The molecule has 0 aliphatic carbocycles. The maximum atomic E-state index is 12.1. The number of halogens is 2. The lowest BCUT2D eigenvalue weighted by molar-refractivity contribution is -0.133. The van der Waals surface area contributed by atoms with Crippen molar-refractivity contribution in [1.29, 1.82) is 0 Å². The standard InChI is InChI=1S/C20H14Cl2O2/c21-17-9-6-16(19(22)13-17)12-20(23)24-18-10-7-15(8-11-18)14-4-2-1-3-5-14/h1-11,13H,12H2. The first kappa shape index (κ1) is 16.6. The van der Waals surface area contributed by atoms with E-state index in [0.29, 0.717) is 21.4 Å². The lowest BCUT2D eigenvalue weighted by atomic mass is 10.1. The molecule has 0 saturated carbocycles. The molecule has 3 aromatic carbocycles. The third-order valence-electron chi connectivity index (χ3n) is 3.54. The number of carbonyl (C=O) groups is 1. The van der Waals surface area contributed by atoms with Crippen LogP contribution in [0.3, 0.4) is 0 Å². The number of benzene rings is 3. The zero-order chi connectivity index (χ0) is 16.9. The molecule has 0 atom stereocenters. The van der Waals surface area contributed by atoms with Crippen molar-refractivity contribution in [3.05, 3.63) is 88.4 Å². The van der Waals surface area contributed by atoms with Crippen molar-refractivity contribution in [2.75, 3.05) is 0 Å². The average Bonchev–Trinajstić information content (AvgIpc) is 2.59. The van der Waals surface area contributed by atoms with Gasteiger partial charge in [-0.15, -0.1) is 0 Å². The van der Waals surface area contributed by atoms with Crippen LogP contribution < -0.4 is 4.74 Å². The van der Waals surface area contributed by atoms with E-state index in [4.69, 9.17) is 27.9 Å². The first-order valence-electron chi connectivity index (χ1n) is 7.42. The molecule has 3 aromatic rings. The number of esters is 1. The molecule has 0 fully saturated rings. The van der Waals surface area contributed by atoms with Gasteiger partial charge in [0, 0.05) is 10.0 Å². The zero-order valence-corrected chi connectivity index (χ0v) is 14.2. The van der Waals surface area contributed by atoms with E-state index in [2.05, 4.69) is 0 Å². The summed E-state index contributed by atoms with van der Waals surface area (Å²) in [5.41, 5.74) is 2.87. The van der Waals surface area contributed by atoms with Crippen LogP contribution in [0.5, 0.6) is 5.75 Å². The molecule has 0 aliphatic heterocycles. The van der Waals surface area contributed by atoms with Crippen molar-refractivity contribution >= 4 is 29.2 Å². The van der Waals surface area contributed by atoms with E-state index in [-0.39, 0.29) is 12.4 Å². The molecule has 0 aliphatic rings. The molecule has 120 valence electrons. The summed E-state index contributed by atoms with van der Waals surface area (Å²) in [5, 5.41) is 0.993. The van der Waals surface area contributed by atoms with Crippen LogP contribution in [0.15, 0.2) is 72.8 Å². The summed E-state index contributed by atoms with van der Waals surface area (Å²) in [6, 6.07) is 22.5. The molecule has 0 amide bonds. The molecule has 0 spiro atoms. The highest BCUT2D eigenvalue weighted by Gasteiger charge is 2.10. The van der Waals surface area contributed by atoms with Crippen molar-refractivity contribution in [3.63, 3.8) is 0 Å². The monoisotopic (exact) mass is 356 g/mol. The van der Waals surface area contributed by atoms with E-state index >= 15 is 0 Å². The van der Waals surface area contributed by atoms with Crippen molar-refractivity contribution in [1.82, 2.24) is 0 Å². The first-order valence-corrected chi connectivity index (χ1v) is 8.17. The first-order chi connectivity index (χ1) is 11.6. The Kier molecular flexibility index (Phi) is 5.19. The Morgan fingerprint density at radius 1 is 0.833 bits per heavy atom. The Morgan fingerprint density at radius 2 is 1.50 bits per heavy atom. The van der Waals surface area contributed by atoms with Crippen molar-refractivity contribution in [2.45, 2.75) is 6.42 Å². The van der Waals surface area contributed by atoms with Crippen LogP contribution in [0.25, 0.3) is 11.1 Å². The molecule has 24 heavy (non-hydrogen) atoms. The number of ether oxygens (including phenoxy) is 1. The molecular formula is C20H14Cl2O2. The van der Waals surface area contributed by atoms with Gasteiger partial charge in [0.1, 0.15) is 5.75 Å². The Labute approximate surface area is 150 Å². The Morgan fingerprint density at radius 3 is 2.17 bits per heavy atom. The average molecular weight is 357 g/mol. The SMILES string of the molecule is O=C(Cc1ccc(Cl)cc1Cl)Oc1ccc(-c2ccccc2)cc1. The quantitative estimate of drug-likeness (QED) is 0.435. The number of rotatable bonds is 4. The largest absolute Gasteiger partial charge is 0.426 e. The highest BCUT2D eigenvalue weighted by atomic mass is 35.5. The predicted octanol–water partition coefficient (Wildman–Crippen LogP) is 5.81. The minimum atomic E-state index is -0.369. The summed E-state index contributed by atoms with van der Waals surface area (Å²) in [6.07, 6.45) is 0.0937. The summed E-state index contributed by atoms with van der Waals surface area (Å²) in [7, 11) is 0. The topological polar surface area (TPSA) is 26.3 Å². The maximum Gasteiger partial charge on any atom is 0.315 e. The van der Waals surface area contributed by atoms with E-state index in [0.717, 1.165) is 11.1 Å². The van der Waals surface area contributed by atoms with Crippen molar-refractivity contribution in [3.8, 4) is 16.9 Å². The van der Waals surface area contributed by atoms with Crippen LogP contribution in [0.4, 0.5) is 0 Å². The number of hydrogen-bond donors (Lipinski definition) is 0. The van der Waals surface area contributed by atoms with Gasteiger partial charge in [-0.1, -0.05) is 71.7 Å². The Bertz CT molecular complexity index is 843. The number of hydrogen-bond acceptors (Lipinski definition) is 2. The van der Waals surface area contributed by atoms with Gasteiger partial charge < -0.3 is 4.74 Å². The molecule has 2 nitrogen and oxygen atoms in total. The van der Waals surface area contributed by atoms with E-state index in [1.165, 1.54) is 0 Å². The summed E-state index contributed by atoms with van der Waals surface area (Å²) in [6.45, 7) is 0. The van der Waals surface area contributed by atoms with Crippen molar-refractivity contribution < 1.29 is 9.53 Å². The van der Waals surface area contributed by atoms with Gasteiger partial charge in [-0.3, -0.25) is 4.79 Å². The van der Waals surface area contributed by atoms with Gasteiger partial charge in [0.25, 0.3) is 0 Å². The van der Waals surface area contributed by atoms with E-state index in [1.54, 1.807) is 30.3 Å². The Hall–Kier alpha value is -2.29. The van der Waals surface area contributed by atoms with Crippen LogP contribution in [0.2, 0.25) is 10.0 Å². The van der Waals surface area contributed by atoms with Crippen LogP contribution in [0.1, 0.15) is 5.56 Å². The Balaban J connectivity index is 1.66. The molecule has 0 N–H and O–H groups in total. The van der Waals surface area contributed by atoms with Gasteiger partial charge in [-0.05, 0) is 41.0 Å². The fourth-order valence-electron chi connectivity index (χ4n) is 2.33. The fourth-order valence-corrected chi connectivity index (χ4v) is 2.81. The van der Waals surface area contributed by atoms with E-state index in [9.17, 15) is 4.79 Å². The van der Waals surface area contributed by atoms with Crippen LogP contribution in [-0.2, 0) is 11.2 Å². The van der Waals surface area contributed by atoms with Gasteiger partial charge in [0.15, 0.2) is 0 Å². The number of carbonyl (C=O) groups excluding carboxylic acids is 1.